The number of aromatic nitrogens is 3. The monoisotopic (exact) mass is 566 g/mol. The van der Waals surface area contributed by atoms with Crippen LogP contribution in [0.1, 0.15) is 6.92 Å². The van der Waals surface area contributed by atoms with Crippen LogP contribution in [-0.4, -0.2) is 42.3 Å². The predicted molar refractivity (Wildman–Crippen MR) is 151 cm³/mol. The molecule has 3 aromatic rings. The molecule has 2 aliphatic rings. The minimum absolute atomic E-state index is 0. The Balaban J connectivity index is 0.000000598. The molecule has 1 atom stereocenters. The number of nitrogens with zero attached hydrogens (tertiary/aromatic N) is 4. The average Bonchev–Trinajstić information content (AvgIpc) is 3.69. The second-order valence-electron chi connectivity index (χ2n) is 8.23. The first kappa shape index (κ1) is 30.3. The van der Waals surface area contributed by atoms with E-state index < -0.39 is 7.92 Å². The third kappa shape index (κ3) is 7.68. The Morgan fingerprint density at radius 2 is 1.16 bits per heavy atom. The molecule has 8 heteroatoms. The Bertz CT molecular complexity index is 1020. The van der Waals surface area contributed by atoms with Crippen molar-refractivity contribution in [2.75, 3.05) is 26.2 Å². The van der Waals surface area contributed by atoms with Gasteiger partial charge in [0, 0.05) is 24.7 Å². The zero-order valence-corrected chi connectivity index (χ0v) is 23.9. The third-order valence-electron chi connectivity index (χ3n) is 5.95. The van der Waals surface area contributed by atoms with E-state index >= 15 is 0 Å². The first-order valence-electron chi connectivity index (χ1n) is 12.0. The molecule has 6 nitrogen and oxygen atoms in total. The maximum Gasteiger partial charge on any atom is 2.00 e. The number of methoxy groups -OCH3 is 2. The van der Waals surface area contributed by atoms with Crippen LogP contribution in [0.2, 0.25) is 0 Å². The Kier molecular flexibility index (Phi) is 12.3. The molecule has 0 spiro atoms. The van der Waals surface area contributed by atoms with Crippen LogP contribution in [0, 0.1) is 62.9 Å². The number of hydrogen-bond acceptors (Lipinski definition) is 6. The van der Waals surface area contributed by atoms with E-state index in [2.05, 4.69) is 102 Å². The standard InChI is InChI=1S/C25H26N4O2P.C5H5.Fe/c1-18(29(2)23-26-24(30-3)28-25(27-23)31-4)21-16-11-17-22(21)32(19-12-7-5-8-13-19)20-14-9-6-10-15-20;1-2-4-5-3-1;/h5-18H,1-4H3;1-5H;/q;;+2/t18-;;/m1../s1. The van der Waals surface area contributed by atoms with Crippen LogP contribution in [-0.2, 0) is 17.1 Å². The molecule has 1 aromatic heterocycles. The van der Waals surface area contributed by atoms with Crippen LogP contribution < -0.4 is 25.0 Å². The minimum atomic E-state index is -0.704. The normalized spacial score (nSPS) is 16.3. The first-order valence-corrected chi connectivity index (χ1v) is 13.4. The zero-order chi connectivity index (χ0) is 26.0. The van der Waals surface area contributed by atoms with Gasteiger partial charge in [0.1, 0.15) is 0 Å². The summed E-state index contributed by atoms with van der Waals surface area (Å²) in [6.45, 7) is 2.16. The van der Waals surface area contributed by atoms with Crippen LogP contribution in [0.25, 0.3) is 0 Å². The summed E-state index contributed by atoms with van der Waals surface area (Å²) < 4.78 is 10.5. The van der Waals surface area contributed by atoms with Crippen molar-refractivity contribution in [2.24, 2.45) is 0 Å². The molecule has 194 valence electrons. The number of anilines is 1. The van der Waals surface area contributed by atoms with Gasteiger partial charge in [-0.3, -0.25) is 0 Å². The molecule has 2 aromatic carbocycles. The molecule has 0 unspecified atom stereocenters. The van der Waals surface area contributed by atoms with Gasteiger partial charge in [0.25, 0.3) is 0 Å². The third-order valence-corrected chi connectivity index (χ3v) is 8.46. The number of benzene rings is 2. The van der Waals surface area contributed by atoms with Gasteiger partial charge in [-0.2, -0.15) is 9.97 Å². The van der Waals surface area contributed by atoms with E-state index in [1.54, 1.807) is 0 Å². The molecule has 38 heavy (non-hydrogen) atoms. The largest absolute Gasteiger partial charge is 2.00 e. The molecule has 1 heterocycles. The molecule has 2 fully saturated rings. The summed E-state index contributed by atoms with van der Waals surface area (Å²) >= 11 is 0. The molecule has 0 aliphatic heterocycles. The van der Waals surface area contributed by atoms with Gasteiger partial charge < -0.3 is 14.4 Å². The molecule has 2 aliphatic carbocycles. The number of hydrogen-bond donors (Lipinski definition) is 0. The topological polar surface area (TPSA) is 60.4 Å². The van der Waals surface area contributed by atoms with Gasteiger partial charge in [0.2, 0.25) is 5.95 Å². The molecular weight excluding hydrogens is 535 g/mol. The quantitative estimate of drug-likeness (QED) is 0.294. The summed E-state index contributed by atoms with van der Waals surface area (Å²) in [4.78, 5) is 15.0. The number of rotatable bonds is 8. The van der Waals surface area contributed by atoms with Gasteiger partial charge in [-0.05, 0) is 76.8 Å². The Labute approximate surface area is 240 Å². The van der Waals surface area contributed by atoms with Crippen LogP contribution in [0.4, 0.5) is 5.95 Å². The van der Waals surface area contributed by atoms with E-state index in [1.807, 2.05) is 44.1 Å². The summed E-state index contributed by atoms with van der Waals surface area (Å²) in [5.74, 6) is 1.74. The second-order valence-corrected chi connectivity index (χ2v) is 10.4. The van der Waals surface area contributed by atoms with E-state index in [-0.39, 0.29) is 35.1 Å². The minimum Gasteiger partial charge on any atom is -0.467 e. The van der Waals surface area contributed by atoms with Crippen LogP contribution in [0.15, 0.2) is 60.7 Å². The van der Waals surface area contributed by atoms with E-state index in [4.69, 9.17) is 9.47 Å². The Morgan fingerprint density at radius 3 is 1.61 bits per heavy atom. The summed E-state index contributed by atoms with van der Waals surface area (Å²) in [5, 5.41) is 2.64. The van der Waals surface area contributed by atoms with E-state index in [0.717, 1.165) is 0 Å². The first-order chi connectivity index (χ1) is 18.1. The fraction of sp³-hybridized carbons (Fsp3) is 0.167. The Morgan fingerprint density at radius 1 is 0.684 bits per heavy atom. The molecule has 2 saturated carbocycles. The molecular formula is C30H31FeN4O2P+2. The maximum atomic E-state index is 5.23. The van der Waals surface area contributed by atoms with Crippen molar-refractivity contribution in [3.05, 3.63) is 124 Å². The van der Waals surface area contributed by atoms with Crippen molar-refractivity contribution in [3.63, 3.8) is 0 Å². The predicted octanol–water partition coefficient (Wildman–Crippen LogP) is 4.60. The van der Waals surface area contributed by atoms with E-state index in [1.165, 1.54) is 36.4 Å². The fourth-order valence-electron chi connectivity index (χ4n) is 3.93. The van der Waals surface area contributed by atoms with E-state index in [0.29, 0.717) is 5.95 Å². The van der Waals surface area contributed by atoms with Gasteiger partial charge in [0.15, 0.2) is 0 Å². The van der Waals surface area contributed by atoms with Gasteiger partial charge in [0.05, 0.1) is 14.2 Å². The van der Waals surface area contributed by atoms with Crippen molar-refractivity contribution in [1.29, 1.82) is 0 Å². The molecule has 0 bridgehead atoms. The van der Waals surface area contributed by atoms with Crippen molar-refractivity contribution in [1.82, 2.24) is 15.0 Å². The van der Waals surface area contributed by atoms with Crippen molar-refractivity contribution >= 4 is 24.5 Å². The van der Waals surface area contributed by atoms with Crippen molar-refractivity contribution in [2.45, 2.75) is 13.0 Å². The SMILES string of the molecule is COc1nc(OC)nc(N(C)[C@H](C)[C]2[CH][CH][CH][C]2P(c2ccccc2)c2ccccc2)n1.[CH]1[CH][CH][CH][CH]1.[Fe+2]. The van der Waals surface area contributed by atoms with Gasteiger partial charge in [-0.25, -0.2) is 0 Å². The fourth-order valence-corrected chi connectivity index (χ4v) is 6.48. The second kappa shape index (κ2) is 15.4. The zero-order valence-electron chi connectivity index (χ0n) is 21.9. The van der Waals surface area contributed by atoms with Crippen LogP contribution in [0.3, 0.4) is 0 Å². The van der Waals surface area contributed by atoms with Crippen LogP contribution in [0.5, 0.6) is 12.0 Å². The molecule has 0 saturated heterocycles. The summed E-state index contributed by atoms with van der Waals surface area (Å²) in [7, 11) is 4.34. The Hall–Kier alpha value is -2.20. The van der Waals surface area contributed by atoms with Gasteiger partial charge in [-0.1, -0.05) is 60.7 Å². The van der Waals surface area contributed by atoms with Gasteiger partial charge >= 0.3 is 29.1 Å². The molecule has 0 amide bonds. The molecule has 10 radical (unpaired) electrons. The summed E-state index contributed by atoms with van der Waals surface area (Å²) in [6, 6.07) is 21.9. The van der Waals surface area contributed by atoms with Crippen LogP contribution >= 0.6 is 7.92 Å². The smallest absolute Gasteiger partial charge is 0.467 e. The molecule has 0 N–H and O–H groups in total. The van der Waals surface area contributed by atoms with E-state index in [9.17, 15) is 0 Å². The maximum absolute atomic E-state index is 5.23. The molecule has 5 rings (SSSR count). The summed E-state index contributed by atoms with van der Waals surface area (Å²) in [5.41, 5.74) is 1.32. The summed E-state index contributed by atoms with van der Waals surface area (Å²) in [6.07, 6.45) is 16.6. The van der Waals surface area contributed by atoms with Gasteiger partial charge in [-0.15, -0.1) is 4.98 Å². The van der Waals surface area contributed by atoms with Crippen molar-refractivity contribution < 1.29 is 26.5 Å². The van der Waals surface area contributed by atoms with Crippen molar-refractivity contribution in [3.8, 4) is 12.0 Å². The average molecular weight is 566 g/mol. The number of ether oxygens (including phenoxy) is 2.